The number of hydrogen-bond donors (Lipinski definition) is 1. The van der Waals surface area contributed by atoms with Crippen molar-refractivity contribution < 1.29 is 9.53 Å². The number of carbonyl (C=O) groups excluding carboxylic acids is 1. The predicted molar refractivity (Wildman–Crippen MR) is 125 cm³/mol. The summed E-state index contributed by atoms with van der Waals surface area (Å²) in [5.74, 6) is 0.397. The molecule has 0 aliphatic carbocycles. The maximum Gasteiger partial charge on any atom is 0.262 e. The molecular formula is C20H17ClI2N2O2. The molecule has 0 heterocycles. The van der Waals surface area contributed by atoms with Crippen LogP contribution in [0.2, 0.25) is 5.02 Å². The largest absolute Gasteiger partial charge is 0.487 e. The summed E-state index contributed by atoms with van der Waals surface area (Å²) >= 11 is 10.3. The minimum Gasteiger partial charge on any atom is -0.487 e. The highest BCUT2D eigenvalue weighted by Crippen LogP contribution is 2.30. The predicted octanol–water partition coefficient (Wildman–Crippen LogP) is 5.56. The number of benzene rings is 2. The van der Waals surface area contributed by atoms with E-state index in [1.165, 1.54) is 0 Å². The molecule has 0 unspecified atom stereocenters. The van der Waals surface area contributed by atoms with Crippen molar-refractivity contribution in [3.8, 4) is 11.8 Å². The molecule has 0 aliphatic rings. The van der Waals surface area contributed by atoms with Crippen LogP contribution in [0, 0.1) is 18.5 Å². The smallest absolute Gasteiger partial charge is 0.262 e. The summed E-state index contributed by atoms with van der Waals surface area (Å²) < 4.78 is 7.76. The van der Waals surface area contributed by atoms with Crippen molar-refractivity contribution in [1.82, 2.24) is 5.32 Å². The van der Waals surface area contributed by atoms with Gasteiger partial charge in [-0.1, -0.05) is 23.7 Å². The van der Waals surface area contributed by atoms with Gasteiger partial charge in [-0.15, -0.1) is 0 Å². The minimum absolute atomic E-state index is 0.0295. The lowest BCUT2D eigenvalue weighted by atomic mass is 10.1. The van der Waals surface area contributed by atoms with Gasteiger partial charge in [0.1, 0.15) is 24.0 Å². The van der Waals surface area contributed by atoms with Gasteiger partial charge in [-0.05, 0) is 100 Å². The molecule has 0 bridgehead atoms. The van der Waals surface area contributed by atoms with Crippen LogP contribution in [0.3, 0.4) is 0 Å². The molecule has 0 atom stereocenters. The quantitative estimate of drug-likeness (QED) is 0.266. The number of halogens is 3. The molecule has 2 rings (SSSR count). The third-order valence-electron chi connectivity index (χ3n) is 3.41. The molecule has 0 aromatic heterocycles. The Bertz CT molecular complexity index is 880. The zero-order valence-electron chi connectivity index (χ0n) is 14.7. The van der Waals surface area contributed by atoms with Crippen LogP contribution in [-0.4, -0.2) is 11.9 Å². The molecule has 0 aliphatic heterocycles. The lowest BCUT2D eigenvalue weighted by Crippen LogP contribution is -2.30. The lowest BCUT2D eigenvalue weighted by Gasteiger charge is -2.12. The van der Waals surface area contributed by atoms with Crippen LogP contribution in [0.1, 0.15) is 25.0 Å². The van der Waals surface area contributed by atoms with Crippen LogP contribution >= 0.6 is 56.8 Å². The SMILES string of the molecule is CC(C)NC(=O)/C(C#N)=C\c1cc(I)c(OCc2ccc(Cl)cc2)c(I)c1. The van der Waals surface area contributed by atoms with Crippen molar-refractivity contribution in [2.24, 2.45) is 0 Å². The highest BCUT2D eigenvalue weighted by molar-refractivity contribution is 14.1. The molecular weight excluding hydrogens is 589 g/mol. The fraction of sp³-hybridized carbons (Fsp3) is 0.200. The van der Waals surface area contributed by atoms with Crippen molar-refractivity contribution in [3.63, 3.8) is 0 Å². The number of rotatable bonds is 6. The van der Waals surface area contributed by atoms with Gasteiger partial charge in [0, 0.05) is 11.1 Å². The number of nitriles is 1. The maximum atomic E-state index is 12.1. The molecule has 0 saturated carbocycles. The molecule has 4 nitrogen and oxygen atoms in total. The van der Waals surface area contributed by atoms with E-state index in [2.05, 4.69) is 50.5 Å². The fourth-order valence-electron chi connectivity index (χ4n) is 2.19. The van der Waals surface area contributed by atoms with E-state index in [0.29, 0.717) is 11.6 Å². The highest BCUT2D eigenvalue weighted by atomic mass is 127. The summed E-state index contributed by atoms with van der Waals surface area (Å²) in [5.41, 5.74) is 1.87. The van der Waals surface area contributed by atoms with Crippen molar-refractivity contribution in [2.75, 3.05) is 0 Å². The van der Waals surface area contributed by atoms with E-state index in [1.54, 1.807) is 6.08 Å². The fourth-order valence-corrected chi connectivity index (χ4v) is 4.45. The van der Waals surface area contributed by atoms with E-state index < -0.39 is 0 Å². The molecule has 0 saturated heterocycles. The second-order valence-corrected chi connectivity index (χ2v) is 8.79. The first-order valence-corrected chi connectivity index (χ1v) is 10.6. The summed E-state index contributed by atoms with van der Waals surface area (Å²) in [6.45, 7) is 4.13. The number of nitrogens with zero attached hydrogens (tertiary/aromatic N) is 1. The number of amides is 1. The average molecular weight is 607 g/mol. The third-order valence-corrected chi connectivity index (χ3v) is 5.27. The molecule has 7 heteroatoms. The highest BCUT2D eigenvalue weighted by Gasteiger charge is 2.13. The monoisotopic (exact) mass is 606 g/mol. The first-order chi connectivity index (χ1) is 12.8. The van der Waals surface area contributed by atoms with Gasteiger partial charge >= 0.3 is 0 Å². The standard InChI is InChI=1S/C20H17ClI2N2O2/c1-12(2)25-20(26)15(10-24)7-14-8-17(22)19(18(23)9-14)27-11-13-3-5-16(21)6-4-13/h3-9,12H,11H2,1-2H3,(H,25,26)/b15-7-. The van der Waals surface area contributed by atoms with Gasteiger partial charge in [-0.3, -0.25) is 4.79 Å². The Balaban J connectivity index is 2.20. The molecule has 140 valence electrons. The molecule has 0 fully saturated rings. The van der Waals surface area contributed by atoms with E-state index in [4.69, 9.17) is 16.3 Å². The van der Waals surface area contributed by atoms with Gasteiger partial charge in [0.25, 0.3) is 5.91 Å². The molecule has 0 spiro atoms. The summed E-state index contributed by atoms with van der Waals surface area (Å²) in [5, 5.41) is 12.7. The molecule has 2 aromatic rings. The van der Waals surface area contributed by atoms with Crippen LogP contribution in [0.4, 0.5) is 0 Å². The molecule has 27 heavy (non-hydrogen) atoms. The van der Waals surface area contributed by atoms with Crippen LogP contribution in [0.15, 0.2) is 42.0 Å². The zero-order chi connectivity index (χ0) is 20.0. The van der Waals surface area contributed by atoms with Crippen LogP contribution in [-0.2, 0) is 11.4 Å². The minimum atomic E-state index is -0.374. The number of carbonyl (C=O) groups is 1. The first kappa shape index (κ1) is 22.0. The normalized spacial score (nSPS) is 11.2. The van der Waals surface area contributed by atoms with Crippen LogP contribution in [0.25, 0.3) is 6.08 Å². The summed E-state index contributed by atoms with van der Waals surface area (Å²) in [7, 11) is 0. The summed E-state index contributed by atoms with van der Waals surface area (Å²) in [6, 6.07) is 13.2. The van der Waals surface area contributed by atoms with Crippen molar-refractivity contribution in [2.45, 2.75) is 26.5 Å². The summed E-state index contributed by atoms with van der Waals surface area (Å²) in [4.78, 5) is 12.1. The third kappa shape index (κ3) is 6.66. The molecule has 2 aromatic carbocycles. The number of hydrogen-bond acceptors (Lipinski definition) is 3. The van der Waals surface area contributed by atoms with Gasteiger partial charge in [-0.2, -0.15) is 5.26 Å². The van der Waals surface area contributed by atoms with E-state index in [0.717, 1.165) is 24.0 Å². The van der Waals surface area contributed by atoms with Gasteiger partial charge in [0.2, 0.25) is 0 Å². The summed E-state index contributed by atoms with van der Waals surface area (Å²) in [6.07, 6.45) is 1.59. The van der Waals surface area contributed by atoms with E-state index in [9.17, 15) is 10.1 Å². The Morgan fingerprint density at radius 2 is 1.85 bits per heavy atom. The second kappa shape index (κ2) is 10.3. The Hall–Kier alpha value is -1.31. The first-order valence-electron chi connectivity index (χ1n) is 8.09. The number of nitrogens with one attached hydrogen (secondary N) is 1. The topological polar surface area (TPSA) is 62.1 Å². The Morgan fingerprint density at radius 3 is 2.37 bits per heavy atom. The Kier molecular flexibility index (Phi) is 8.38. The molecule has 1 N–H and O–H groups in total. The second-order valence-electron chi connectivity index (χ2n) is 6.03. The van der Waals surface area contributed by atoms with Gasteiger partial charge < -0.3 is 10.1 Å². The zero-order valence-corrected chi connectivity index (χ0v) is 19.8. The van der Waals surface area contributed by atoms with E-state index in [-0.39, 0.29) is 17.5 Å². The van der Waals surface area contributed by atoms with Crippen LogP contribution in [0.5, 0.6) is 5.75 Å². The van der Waals surface area contributed by atoms with Crippen LogP contribution < -0.4 is 10.1 Å². The van der Waals surface area contributed by atoms with E-state index >= 15 is 0 Å². The Labute approximate surface area is 191 Å². The van der Waals surface area contributed by atoms with E-state index in [1.807, 2.05) is 56.3 Å². The van der Waals surface area contributed by atoms with Gasteiger partial charge in [0.05, 0.1) is 7.14 Å². The van der Waals surface area contributed by atoms with Crippen molar-refractivity contribution in [3.05, 3.63) is 65.3 Å². The van der Waals surface area contributed by atoms with Crippen molar-refractivity contribution >= 4 is 68.8 Å². The Morgan fingerprint density at radius 1 is 1.26 bits per heavy atom. The number of ether oxygens (including phenoxy) is 1. The molecule has 0 radical (unpaired) electrons. The van der Waals surface area contributed by atoms with Gasteiger partial charge in [0.15, 0.2) is 0 Å². The maximum absolute atomic E-state index is 12.1. The molecule has 1 amide bonds. The lowest BCUT2D eigenvalue weighted by molar-refractivity contribution is -0.117. The van der Waals surface area contributed by atoms with Crippen molar-refractivity contribution in [1.29, 1.82) is 5.26 Å². The van der Waals surface area contributed by atoms with Gasteiger partial charge in [-0.25, -0.2) is 0 Å². The average Bonchev–Trinajstić information content (AvgIpc) is 2.59.